The Kier molecular flexibility index (Phi) is 5.92. The smallest absolute Gasteiger partial charge is 0.322 e. The fraction of sp³-hybridized carbons (Fsp3) is 0.318. The Bertz CT molecular complexity index is 1030. The maximum atomic E-state index is 12.8. The summed E-state index contributed by atoms with van der Waals surface area (Å²) < 4.78 is 1.53. The highest BCUT2D eigenvalue weighted by molar-refractivity contribution is 5.99. The van der Waals surface area contributed by atoms with Gasteiger partial charge in [0, 0.05) is 17.9 Å². The molecule has 1 unspecified atom stereocenters. The van der Waals surface area contributed by atoms with Gasteiger partial charge in [-0.1, -0.05) is 26.0 Å². The van der Waals surface area contributed by atoms with Crippen LogP contribution in [0.15, 0.2) is 54.9 Å². The zero-order valence-electron chi connectivity index (χ0n) is 17.5. The number of benzene rings is 2. The molecule has 1 fully saturated rings. The number of nitrogens with zero attached hydrogens (tertiary/aromatic N) is 5. The maximum Gasteiger partial charge on any atom is 0.322 e. The summed E-state index contributed by atoms with van der Waals surface area (Å²) in [6.07, 6.45) is 2.92. The number of urea groups is 1. The minimum atomic E-state index is -0.505. The summed E-state index contributed by atoms with van der Waals surface area (Å²) in [6.45, 7) is 4.80. The third-order valence-electron chi connectivity index (χ3n) is 5.39. The van der Waals surface area contributed by atoms with E-state index in [0.29, 0.717) is 24.6 Å². The number of hydrogen-bond acceptors (Lipinski definition) is 5. The Balaban J connectivity index is 1.38. The van der Waals surface area contributed by atoms with Gasteiger partial charge in [0.25, 0.3) is 0 Å². The first-order valence-electron chi connectivity index (χ1n) is 10.3. The molecule has 0 bridgehead atoms. The molecule has 3 aromatic rings. The molecule has 1 atom stereocenters. The molecule has 1 aliphatic rings. The molecule has 1 aromatic heterocycles. The van der Waals surface area contributed by atoms with Gasteiger partial charge in [0.05, 0.1) is 5.69 Å². The Morgan fingerprint density at radius 2 is 1.68 bits per heavy atom. The molecule has 2 aromatic carbocycles. The average Bonchev–Trinajstić information content (AvgIpc) is 3.47. The van der Waals surface area contributed by atoms with Crippen molar-refractivity contribution in [2.24, 2.45) is 0 Å². The van der Waals surface area contributed by atoms with E-state index in [2.05, 4.69) is 40.0 Å². The monoisotopic (exact) mass is 419 g/mol. The van der Waals surface area contributed by atoms with Crippen LogP contribution in [0.4, 0.5) is 16.2 Å². The Hall–Kier alpha value is -3.75. The first-order valence-corrected chi connectivity index (χ1v) is 10.3. The lowest BCUT2D eigenvalue weighted by atomic mass is 10.0. The fourth-order valence-corrected chi connectivity index (χ4v) is 3.63. The summed E-state index contributed by atoms with van der Waals surface area (Å²) in [7, 11) is 0. The molecule has 1 saturated heterocycles. The Morgan fingerprint density at radius 3 is 2.32 bits per heavy atom. The van der Waals surface area contributed by atoms with E-state index in [4.69, 9.17) is 0 Å². The number of carbonyl (C=O) groups excluding carboxylic acids is 2. The molecule has 0 radical (unpaired) electrons. The van der Waals surface area contributed by atoms with Crippen LogP contribution in [-0.4, -0.2) is 49.6 Å². The second kappa shape index (κ2) is 8.95. The average molecular weight is 419 g/mol. The molecule has 4 rings (SSSR count). The van der Waals surface area contributed by atoms with Crippen molar-refractivity contribution in [3.8, 4) is 5.69 Å². The summed E-state index contributed by atoms with van der Waals surface area (Å²) in [5.74, 6) is 0.233. The summed E-state index contributed by atoms with van der Waals surface area (Å²) >= 11 is 0. The third kappa shape index (κ3) is 4.71. The summed E-state index contributed by atoms with van der Waals surface area (Å²) in [6, 6.07) is 14.2. The molecular weight excluding hydrogens is 394 g/mol. The summed E-state index contributed by atoms with van der Waals surface area (Å²) in [5.41, 5.74) is 3.37. The number of hydrogen-bond donors (Lipinski definition) is 2. The highest BCUT2D eigenvalue weighted by Crippen LogP contribution is 2.22. The maximum absolute atomic E-state index is 12.8. The predicted molar refractivity (Wildman–Crippen MR) is 117 cm³/mol. The molecule has 0 aliphatic carbocycles. The van der Waals surface area contributed by atoms with E-state index in [1.165, 1.54) is 16.6 Å². The normalized spacial score (nSPS) is 15.8. The molecule has 0 spiro atoms. The number of tetrazole rings is 1. The largest absolute Gasteiger partial charge is 0.324 e. The lowest BCUT2D eigenvalue weighted by molar-refractivity contribution is -0.119. The van der Waals surface area contributed by atoms with Crippen LogP contribution in [0, 0.1) is 0 Å². The van der Waals surface area contributed by atoms with Gasteiger partial charge in [0.15, 0.2) is 0 Å². The van der Waals surface area contributed by atoms with Gasteiger partial charge in [-0.25, -0.2) is 9.48 Å². The van der Waals surface area contributed by atoms with E-state index in [1.54, 1.807) is 17.0 Å². The number of rotatable bonds is 5. The zero-order valence-corrected chi connectivity index (χ0v) is 17.5. The van der Waals surface area contributed by atoms with E-state index >= 15 is 0 Å². The second-order valence-electron chi connectivity index (χ2n) is 7.85. The molecule has 3 amide bonds. The van der Waals surface area contributed by atoms with Crippen LogP contribution in [0.1, 0.15) is 38.2 Å². The molecule has 9 nitrogen and oxygen atoms in total. The molecule has 2 heterocycles. The van der Waals surface area contributed by atoms with Crippen molar-refractivity contribution in [3.63, 3.8) is 0 Å². The number of anilines is 2. The van der Waals surface area contributed by atoms with E-state index in [-0.39, 0.29) is 11.9 Å². The highest BCUT2D eigenvalue weighted by Gasteiger charge is 2.34. The van der Waals surface area contributed by atoms with E-state index < -0.39 is 6.04 Å². The topological polar surface area (TPSA) is 105 Å². The van der Waals surface area contributed by atoms with Crippen molar-refractivity contribution in [1.29, 1.82) is 0 Å². The van der Waals surface area contributed by atoms with Crippen molar-refractivity contribution in [3.05, 3.63) is 60.4 Å². The first kappa shape index (κ1) is 20.5. The number of aromatic nitrogens is 4. The Labute approximate surface area is 180 Å². The van der Waals surface area contributed by atoms with Crippen LogP contribution in [0.2, 0.25) is 0 Å². The number of likely N-dealkylation sites (tertiary alicyclic amines) is 1. The van der Waals surface area contributed by atoms with Gasteiger partial charge in [-0.15, -0.1) is 5.10 Å². The van der Waals surface area contributed by atoms with Crippen LogP contribution in [-0.2, 0) is 4.79 Å². The predicted octanol–water partition coefficient (Wildman–Crippen LogP) is 3.42. The third-order valence-corrected chi connectivity index (χ3v) is 5.39. The van der Waals surface area contributed by atoms with Crippen LogP contribution >= 0.6 is 0 Å². The lowest BCUT2D eigenvalue weighted by Crippen LogP contribution is -2.45. The van der Waals surface area contributed by atoms with Gasteiger partial charge < -0.3 is 15.5 Å². The van der Waals surface area contributed by atoms with Gasteiger partial charge in [-0.05, 0) is 71.1 Å². The summed E-state index contributed by atoms with van der Waals surface area (Å²) in [5, 5.41) is 16.9. The number of carbonyl (C=O) groups is 2. The van der Waals surface area contributed by atoms with E-state index in [0.717, 1.165) is 17.8 Å². The highest BCUT2D eigenvalue weighted by atomic mass is 16.2. The molecule has 2 N–H and O–H groups in total. The summed E-state index contributed by atoms with van der Waals surface area (Å²) in [4.78, 5) is 27.2. The van der Waals surface area contributed by atoms with Crippen molar-refractivity contribution in [2.45, 2.75) is 38.6 Å². The van der Waals surface area contributed by atoms with Crippen molar-refractivity contribution in [1.82, 2.24) is 25.1 Å². The fourth-order valence-electron chi connectivity index (χ4n) is 3.63. The van der Waals surface area contributed by atoms with Gasteiger partial charge in [-0.2, -0.15) is 0 Å². The van der Waals surface area contributed by atoms with Crippen molar-refractivity contribution < 1.29 is 9.59 Å². The lowest BCUT2D eigenvalue weighted by Gasteiger charge is -2.24. The molecule has 160 valence electrons. The molecule has 31 heavy (non-hydrogen) atoms. The first-order chi connectivity index (χ1) is 15.0. The van der Waals surface area contributed by atoms with Gasteiger partial charge in [-0.3, -0.25) is 4.79 Å². The van der Waals surface area contributed by atoms with Crippen LogP contribution in [0.25, 0.3) is 5.69 Å². The molecular formula is C22H25N7O2. The minimum Gasteiger partial charge on any atom is -0.324 e. The molecule has 1 aliphatic heterocycles. The van der Waals surface area contributed by atoms with Crippen molar-refractivity contribution >= 4 is 23.3 Å². The zero-order chi connectivity index (χ0) is 21.8. The standard InChI is InChI=1S/C22H25N7O2/c1-15(2)16-5-7-18(8-6-16)25-22(31)28-13-3-4-20(28)21(30)24-17-9-11-19(12-10-17)29-14-23-26-27-29/h5-12,14-15,20H,3-4,13H2,1-2H3,(H,24,30)(H,25,31). The Morgan fingerprint density at radius 1 is 1.00 bits per heavy atom. The van der Waals surface area contributed by atoms with Crippen LogP contribution in [0.5, 0.6) is 0 Å². The van der Waals surface area contributed by atoms with Crippen LogP contribution in [0.3, 0.4) is 0 Å². The SMILES string of the molecule is CC(C)c1ccc(NC(=O)N2CCCC2C(=O)Nc2ccc(-n3cnnn3)cc2)cc1. The minimum absolute atomic E-state index is 0.196. The quantitative estimate of drug-likeness (QED) is 0.659. The van der Waals surface area contributed by atoms with E-state index in [9.17, 15) is 9.59 Å². The molecule has 0 saturated carbocycles. The van der Waals surface area contributed by atoms with E-state index in [1.807, 2.05) is 36.4 Å². The number of amides is 3. The van der Waals surface area contributed by atoms with Crippen LogP contribution < -0.4 is 10.6 Å². The van der Waals surface area contributed by atoms with Gasteiger partial charge in [0.2, 0.25) is 5.91 Å². The second-order valence-corrected chi connectivity index (χ2v) is 7.85. The van der Waals surface area contributed by atoms with Gasteiger partial charge in [0.1, 0.15) is 12.4 Å². The van der Waals surface area contributed by atoms with Gasteiger partial charge >= 0.3 is 6.03 Å². The molecule has 9 heteroatoms. The number of nitrogens with one attached hydrogen (secondary N) is 2. The van der Waals surface area contributed by atoms with Crippen molar-refractivity contribution in [2.75, 3.05) is 17.2 Å².